The topological polar surface area (TPSA) is 106 Å². The molecule has 1 unspecified atom stereocenters. The molecular weight excluding hydrogens is 322 g/mol. The summed E-state index contributed by atoms with van der Waals surface area (Å²) in [5.74, 6) is 0.446. The van der Waals surface area contributed by atoms with E-state index in [1.165, 1.54) is 10.9 Å². The molecule has 0 spiro atoms. The number of rotatable bonds is 6. The van der Waals surface area contributed by atoms with Crippen LogP contribution in [0.3, 0.4) is 0 Å². The summed E-state index contributed by atoms with van der Waals surface area (Å²) in [4.78, 5) is 12.6. The fraction of sp³-hybridized carbons (Fsp3) is 0.176. The summed E-state index contributed by atoms with van der Waals surface area (Å²) < 4.78 is 6.47. The smallest absolute Gasteiger partial charge is 0.270 e. The Balaban J connectivity index is 1.81. The van der Waals surface area contributed by atoms with E-state index in [-0.39, 0.29) is 12.2 Å². The van der Waals surface area contributed by atoms with Crippen LogP contribution in [-0.4, -0.2) is 37.8 Å². The number of carbonyl (C=O) groups is 1. The third-order valence-electron chi connectivity index (χ3n) is 3.52. The lowest BCUT2D eigenvalue weighted by atomic mass is 10.2. The molecule has 2 N–H and O–H groups in total. The highest BCUT2D eigenvalue weighted by Gasteiger charge is 2.18. The molecule has 0 saturated carbocycles. The highest BCUT2D eigenvalue weighted by Crippen LogP contribution is 2.14. The molecule has 8 heteroatoms. The molecule has 128 valence electrons. The van der Waals surface area contributed by atoms with Crippen LogP contribution in [0.1, 0.15) is 23.3 Å². The molecule has 2 aromatic heterocycles. The number of aromatic nitrogens is 4. The Bertz CT molecular complexity index is 856. The lowest BCUT2D eigenvalue weighted by Gasteiger charge is -2.12. The molecule has 8 nitrogen and oxygen atoms in total. The highest BCUT2D eigenvalue weighted by molar-refractivity contribution is 6.18. The minimum absolute atomic E-state index is 0.000348. The van der Waals surface area contributed by atoms with Crippen LogP contribution in [0.2, 0.25) is 0 Å². The van der Waals surface area contributed by atoms with Crippen molar-refractivity contribution in [1.82, 2.24) is 25.5 Å². The maximum absolute atomic E-state index is 12.6. The number of amides is 1. The van der Waals surface area contributed by atoms with Crippen LogP contribution in [0, 0.1) is 6.92 Å². The maximum Gasteiger partial charge on any atom is 0.270 e. The van der Waals surface area contributed by atoms with E-state index in [9.17, 15) is 9.90 Å². The van der Waals surface area contributed by atoms with E-state index in [2.05, 4.69) is 20.8 Å². The average Bonchev–Trinajstić information content (AvgIpc) is 3.30. The monoisotopic (exact) mass is 339 g/mol. The molecular formula is C17H17N5O3. The molecule has 1 amide bonds. The van der Waals surface area contributed by atoms with E-state index in [1.54, 1.807) is 25.1 Å². The van der Waals surface area contributed by atoms with E-state index in [0.717, 1.165) is 5.56 Å². The molecule has 3 aromatic rings. The summed E-state index contributed by atoms with van der Waals surface area (Å²) in [7, 11) is 0. The zero-order valence-electron chi connectivity index (χ0n) is 13.5. The summed E-state index contributed by atoms with van der Waals surface area (Å²) >= 11 is 0. The number of furan rings is 1. The average molecular weight is 339 g/mol. The molecule has 0 fully saturated rings. The van der Waals surface area contributed by atoms with Gasteiger partial charge in [-0.15, -0.1) is 5.10 Å². The van der Waals surface area contributed by atoms with Crippen LogP contribution in [0.4, 0.5) is 0 Å². The predicted molar refractivity (Wildman–Crippen MR) is 89.8 cm³/mol. The fourth-order valence-electron chi connectivity index (χ4n) is 2.25. The zero-order chi connectivity index (χ0) is 17.6. The molecule has 25 heavy (non-hydrogen) atoms. The van der Waals surface area contributed by atoms with Crippen LogP contribution in [0.25, 0.3) is 11.8 Å². The first kappa shape index (κ1) is 16.6. The third kappa shape index (κ3) is 3.99. The molecule has 0 aliphatic heterocycles. The van der Waals surface area contributed by atoms with Gasteiger partial charge in [0.15, 0.2) is 5.82 Å². The Hall–Kier alpha value is -3.26. The number of carbonyl (C=O) groups excluding carboxylic acids is 1. The number of aliphatic hydroxyl groups excluding tert-OH is 1. The number of nitrogens with one attached hydrogen (secondary N) is 1. The van der Waals surface area contributed by atoms with Gasteiger partial charge in [-0.2, -0.15) is 4.68 Å². The minimum Gasteiger partial charge on any atom is -0.467 e. The van der Waals surface area contributed by atoms with Gasteiger partial charge in [-0.1, -0.05) is 30.3 Å². The largest absolute Gasteiger partial charge is 0.467 e. The predicted octanol–water partition coefficient (Wildman–Crippen LogP) is 1.42. The van der Waals surface area contributed by atoms with Gasteiger partial charge in [-0.05, 0) is 41.1 Å². The molecule has 0 aliphatic carbocycles. The lowest BCUT2D eigenvalue weighted by Crippen LogP contribution is -2.31. The fourth-order valence-corrected chi connectivity index (χ4v) is 2.25. The van der Waals surface area contributed by atoms with Crippen molar-refractivity contribution in [2.45, 2.75) is 13.0 Å². The van der Waals surface area contributed by atoms with Crippen molar-refractivity contribution in [1.29, 1.82) is 0 Å². The van der Waals surface area contributed by atoms with Gasteiger partial charge < -0.3 is 14.8 Å². The van der Waals surface area contributed by atoms with E-state index >= 15 is 0 Å². The summed E-state index contributed by atoms with van der Waals surface area (Å²) in [5.41, 5.74) is 1.08. The van der Waals surface area contributed by atoms with Crippen molar-refractivity contribution in [3.05, 3.63) is 65.9 Å². The Labute approximate surface area is 143 Å². The first-order chi connectivity index (χ1) is 12.1. The van der Waals surface area contributed by atoms with Crippen molar-refractivity contribution in [2.75, 3.05) is 6.54 Å². The van der Waals surface area contributed by atoms with Crippen LogP contribution < -0.4 is 5.32 Å². The van der Waals surface area contributed by atoms with E-state index in [1.807, 2.05) is 30.3 Å². The van der Waals surface area contributed by atoms with E-state index < -0.39 is 12.0 Å². The van der Waals surface area contributed by atoms with Gasteiger partial charge in [0.2, 0.25) is 0 Å². The molecule has 0 bridgehead atoms. The number of nitrogens with zero attached hydrogens (tertiary/aromatic N) is 4. The van der Waals surface area contributed by atoms with Crippen molar-refractivity contribution in [2.24, 2.45) is 0 Å². The first-order valence-corrected chi connectivity index (χ1v) is 7.67. The minimum atomic E-state index is -0.938. The number of benzene rings is 1. The molecule has 3 rings (SSSR count). The Morgan fingerprint density at radius 1 is 1.32 bits per heavy atom. The normalized spacial score (nSPS) is 12.8. The van der Waals surface area contributed by atoms with Crippen molar-refractivity contribution in [3.63, 3.8) is 0 Å². The second-order valence-electron chi connectivity index (χ2n) is 5.32. The van der Waals surface area contributed by atoms with Gasteiger partial charge in [-0.25, -0.2) is 0 Å². The van der Waals surface area contributed by atoms with Gasteiger partial charge in [-0.3, -0.25) is 4.79 Å². The second-order valence-corrected chi connectivity index (χ2v) is 5.32. The maximum atomic E-state index is 12.6. The van der Waals surface area contributed by atoms with Crippen LogP contribution >= 0.6 is 0 Å². The first-order valence-electron chi connectivity index (χ1n) is 7.67. The van der Waals surface area contributed by atoms with Gasteiger partial charge in [0.25, 0.3) is 5.91 Å². The van der Waals surface area contributed by atoms with E-state index in [0.29, 0.717) is 11.6 Å². The Kier molecular flexibility index (Phi) is 5.00. The van der Waals surface area contributed by atoms with Gasteiger partial charge in [0, 0.05) is 0 Å². The van der Waals surface area contributed by atoms with Crippen LogP contribution in [-0.2, 0) is 4.79 Å². The van der Waals surface area contributed by atoms with Crippen molar-refractivity contribution in [3.8, 4) is 0 Å². The van der Waals surface area contributed by atoms with Gasteiger partial charge >= 0.3 is 0 Å². The third-order valence-corrected chi connectivity index (χ3v) is 3.52. The van der Waals surface area contributed by atoms with Gasteiger partial charge in [0.1, 0.15) is 17.6 Å². The summed E-state index contributed by atoms with van der Waals surface area (Å²) in [6, 6.07) is 12.7. The van der Waals surface area contributed by atoms with E-state index in [4.69, 9.17) is 4.42 Å². The van der Waals surface area contributed by atoms with Crippen LogP contribution in [0.15, 0.2) is 53.1 Å². The Morgan fingerprint density at radius 2 is 2.12 bits per heavy atom. The zero-order valence-corrected chi connectivity index (χ0v) is 13.5. The number of hydrogen-bond donors (Lipinski definition) is 2. The highest BCUT2D eigenvalue weighted by atomic mass is 16.4. The molecule has 2 heterocycles. The quantitative estimate of drug-likeness (QED) is 0.658. The SMILES string of the molecule is Cc1nnnn1/C(=C/c1ccccc1)C(=O)NCC(O)c1ccco1. The molecule has 0 aliphatic rings. The van der Waals surface area contributed by atoms with Crippen LogP contribution in [0.5, 0.6) is 0 Å². The summed E-state index contributed by atoms with van der Waals surface area (Å²) in [5, 5.41) is 24.0. The standard InChI is InChI=1S/C17H17N5O3/c1-12-19-20-21-22(12)14(10-13-6-3-2-4-7-13)17(24)18-11-15(23)16-8-5-9-25-16/h2-10,15,23H,11H2,1H3,(H,18,24)/b14-10+. The number of hydrogen-bond acceptors (Lipinski definition) is 6. The molecule has 1 atom stereocenters. The summed E-state index contributed by atoms with van der Waals surface area (Å²) in [6.45, 7) is 1.70. The lowest BCUT2D eigenvalue weighted by molar-refractivity contribution is -0.116. The van der Waals surface area contributed by atoms with Gasteiger partial charge in [0.05, 0.1) is 12.8 Å². The van der Waals surface area contributed by atoms with Crippen molar-refractivity contribution >= 4 is 17.7 Å². The molecule has 1 aromatic carbocycles. The molecule has 0 saturated heterocycles. The second kappa shape index (κ2) is 7.54. The Morgan fingerprint density at radius 3 is 2.76 bits per heavy atom. The summed E-state index contributed by atoms with van der Waals surface area (Å²) in [6.07, 6.45) is 2.20. The number of aliphatic hydroxyl groups is 1. The van der Waals surface area contributed by atoms with Crippen molar-refractivity contribution < 1.29 is 14.3 Å². The number of aryl methyl sites for hydroxylation is 1. The molecule has 0 radical (unpaired) electrons. The number of tetrazole rings is 1.